The number of halogens is 2. The van der Waals surface area contributed by atoms with E-state index in [2.05, 4.69) is 43.3 Å². The fourth-order valence-electron chi connectivity index (χ4n) is 2.12. The van der Waals surface area contributed by atoms with Crippen LogP contribution in [0.4, 0.5) is 0 Å². The van der Waals surface area contributed by atoms with Gasteiger partial charge in [0, 0.05) is 14.7 Å². The Balaban J connectivity index is 1.75. The SMILES string of the molecule is O=C(NN=Cc1cn[nH]c1-c1ccccc1)c1cc(I)ccc1Cl. The molecule has 1 amide bonds. The molecular formula is C17H12ClIN4O. The molecule has 3 aromatic rings. The predicted octanol–water partition coefficient (Wildman–Crippen LogP) is 4.10. The number of nitrogens with zero attached hydrogens (tertiary/aromatic N) is 2. The standard InChI is InChI=1S/C17H12ClIN4O/c18-15-7-6-13(19)8-14(15)17(24)23-21-10-12-9-20-22-16(12)11-4-2-1-3-5-11/h1-10H,(H,20,22)(H,23,24). The number of benzene rings is 2. The molecule has 120 valence electrons. The molecule has 7 heteroatoms. The van der Waals surface area contributed by atoms with E-state index in [-0.39, 0.29) is 5.91 Å². The topological polar surface area (TPSA) is 70.1 Å². The van der Waals surface area contributed by atoms with Crippen molar-refractivity contribution in [3.63, 3.8) is 0 Å². The molecule has 0 spiro atoms. The molecule has 0 radical (unpaired) electrons. The van der Waals surface area contributed by atoms with Crippen molar-refractivity contribution in [3.05, 3.63) is 74.4 Å². The van der Waals surface area contributed by atoms with E-state index in [0.717, 1.165) is 20.4 Å². The minimum absolute atomic E-state index is 0.362. The summed E-state index contributed by atoms with van der Waals surface area (Å²) < 4.78 is 0.923. The van der Waals surface area contributed by atoms with Crippen LogP contribution in [-0.4, -0.2) is 22.3 Å². The van der Waals surface area contributed by atoms with Gasteiger partial charge < -0.3 is 0 Å². The van der Waals surface area contributed by atoms with Crippen molar-refractivity contribution in [2.45, 2.75) is 0 Å². The fourth-order valence-corrected chi connectivity index (χ4v) is 2.82. The third-order valence-corrected chi connectivity index (χ3v) is 4.27. The normalized spacial score (nSPS) is 10.9. The van der Waals surface area contributed by atoms with Crippen LogP contribution in [0.25, 0.3) is 11.3 Å². The molecule has 0 aliphatic heterocycles. The summed E-state index contributed by atoms with van der Waals surface area (Å²) in [5.41, 5.74) is 5.47. The zero-order chi connectivity index (χ0) is 16.9. The molecule has 0 aliphatic carbocycles. The van der Waals surface area contributed by atoms with Gasteiger partial charge in [-0.05, 0) is 40.8 Å². The summed E-state index contributed by atoms with van der Waals surface area (Å²) in [5, 5.41) is 11.3. The van der Waals surface area contributed by atoms with Gasteiger partial charge in [0.2, 0.25) is 0 Å². The lowest BCUT2D eigenvalue weighted by Crippen LogP contribution is -2.18. The van der Waals surface area contributed by atoms with E-state index >= 15 is 0 Å². The van der Waals surface area contributed by atoms with Gasteiger partial charge in [-0.15, -0.1) is 0 Å². The Labute approximate surface area is 157 Å². The number of aromatic amines is 1. The molecule has 0 saturated carbocycles. The van der Waals surface area contributed by atoms with Crippen molar-refractivity contribution < 1.29 is 4.79 Å². The average molecular weight is 451 g/mol. The zero-order valence-electron chi connectivity index (χ0n) is 12.3. The molecule has 0 fully saturated rings. The summed E-state index contributed by atoms with van der Waals surface area (Å²) in [4.78, 5) is 12.2. The van der Waals surface area contributed by atoms with E-state index in [4.69, 9.17) is 11.6 Å². The van der Waals surface area contributed by atoms with Crippen LogP contribution < -0.4 is 5.43 Å². The molecule has 1 aromatic heterocycles. The van der Waals surface area contributed by atoms with E-state index in [9.17, 15) is 4.79 Å². The highest BCUT2D eigenvalue weighted by atomic mass is 127. The first-order valence-electron chi connectivity index (χ1n) is 7.02. The predicted molar refractivity (Wildman–Crippen MR) is 103 cm³/mol. The summed E-state index contributed by atoms with van der Waals surface area (Å²) in [6.07, 6.45) is 3.20. The monoisotopic (exact) mass is 450 g/mol. The molecule has 0 aliphatic rings. The number of carbonyl (C=O) groups is 1. The van der Waals surface area contributed by atoms with Crippen LogP contribution in [0.3, 0.4) is 0 Å². The second-order valence-corrected chi connectivity index (χ2v) is 6.54. The molecule has 0 atom stereocenters. The van der Waals surface area contributed by atoms with Crippen molar-refractivity contribution in [2.75, 3.05) is 0 Å². The molecule has 2 aromatic carbocycles. The van der Waals surface area contributed by atoms with Gasteiger partial charge in [-0.25, -0.2) is 5.43 Å². The Morgan fingerprint density at radius 2 is 2.04 bits per heavy atom. The van der Waals surface area contributed by atoms with E-state index in [1.807, 2.05) is 36.4 Å². The van der Waals surface area contributed by atoms with Crippen LogP contribution in [0.1, 0.15) is 15.9 Å². The zero-order valence-corrected chi connectivity index (χ0v) is 15.2. The molecule has 0 bridgehead atoms. The summed E-state index contributed by atoms with van der Waals surface area (Å²) in [6.45, 7) is 0. The highest BCUT2D eigenvalue weighted by molar-refractivity contribution is 14.1. The Morgan fingerprint density at radius 1 is 1.25 bits per heavy atom. The van der Waals surface area contributed by atoms with Crippen LogP contribution in [0.5, 0.6) is 0 Å². The Hall–Kier alpha value is -2.19. The van der Waals surface area contributed by atoms with Crippen molar-refractivity contribution in [1.29, 1.82) is 0 Å². The van der Waals surface area contributed by atoms with Crippen LogP contribution in [0.15, 0.2) is 59.8 Å². The van der Waals surface area contributed by atoms with E-state index < -0.39 is 0 Å². The first-order chi connectivity index (χ1) is 11.6. The first-order valence-corrected chi connectivity index (χ1v) is 8.48. The first kappa shape index (κ1) is 16.7. The van der Waals surface area contributed by atoms with Crippen LogP contribution in [0, 0.1) is 3.57 Å². The maximum absolute atomic E-state index is 12.2. The van der Waals surface area contributed by atoms with Gasteiger partial charge >= 0.3 is 0 Å². The highest BCUT2D eigenvalue weighted by Crippen LogP contribution is 2.20. The lowest BCUT2D eigenvalue weighted by molar-refractivity contribution is 0.0955. The van der Waals surface area contributed by atoms with Crippen LogP contribution in [-0.2, 0) is 0 Å². The number of rotatable bonds is 4. The van der Waals surface area contributed by atoms with Gasteiger partial charge in [-0.1, -0.05) is 41.9 Å². The summed E-state index contributed by atoms with van der Waals surface area (Å²) in [7, 11) is 0. The van der Waals surface area contributed by atoms with E-state index in [1.165, 1.54) is 0 Å². The Kier molecular flexibility index (Phi) is 5.27. The minimum Gasteiger partial charge on any atom is -0.277 e. The number of aromatic nitrogens is 2. The van der Waals surface area contributed by atoms with Crippen LogP contribution >= 0.6 is 34.2 Å². The summed E-state index contributed by atoms with van der Waals surface area (Å²) in [5.74, 6) is -0.362. The molecule has 3 rings (SSSR count). The average Bonchev–Trinajstić information content (AvgIpc) is 3.06. The molecule has 0 saturated heterocycles. The van der Waals surface area contributed by atoms with Gasteiger partial charge in [0.15, 0.2) is 0 Å². The number of hydrogen-bond donors (Lipinski definition) is 2. The molecule has 5 nitrogen and oxygen atoms in total. The lowest BCUT2D eigenvalue weighted by atomic mass is 10.1. The van der Waals surface area contributed by atoms with Gasteiger partial charge in [0.05, 0.1) is 28.7 Å². The number of hydrogen-bond acceptors (Lipinski definition) is 3. The van der Waals surface area contributed by atoms with Crippen molar-refractivity contribution in [1.82, 2.24) is 15.6 Å². The van der Waals surface area contributed by atoms with Gasteiger partial charge in [0.1, 0.15) is 0 Å². The van der Waals surface area contributed by atoms with Crippen molar-refractivity contribution >= 4 is 46.3 Å². The molecule has 24 heavy (non-hydrogen) atoms. The molecular weight excluding hydrogens is 439 g/mol. The quantitative estimate of drug-likeness (QED) is 0.357. The largest absolute Gasteiger partial charge is 0.277 e. The van der Waals surface area contributed by atoms with Crippen molar-refractivity contribution in [3.8, 4) is 11.3 Å². The summed E-state index contributed by atoms with van der Waals surface area (Å²) in [6, 6.07) is 15.0. The minimum atomic E-state index is -0.362. The number of nitrogens with one attached hydrogen (secondary N) is 2. The van der Waals surface area contributed by atoms with Gasteiger partial charge in [-0.2, -0.15) is 10.2 Å². The Morgan fingerprint density at radius 3 is 2.83 bits per heavy atom. The maximum Gasteiger partial charge on any atom is 0.272 e. The number of carbonyl (C=O) groups excluding carboxylic acids is 1. The molecule has 2 N–H and O–H groups in total. The third kappa shape index (κ3) is 3.82. The third-order valence-electron chi connectivity index (χ3n) is 3.27. The smallest absolute Gasteiger partial charge is 0.272 e. The van der Waals surface area contributed by atoms with E-state index in [0.29, 0.717) is 10.6 Å². The van der Waals surface area contributed by atoms with Gasteiger partial charge in [-0.3, -0.25) is 9.89 Å². The second-order valence-electron chi connectivity index (χ2n) is 4.89. The fraction of sp³-hybridized carbons (Fsp3) is 0. The maximum atomic E-state index is 12.2. The van der Waals surface area contributed by atoms with Gasteiger partial charge in [0.25, 0.3) is 5.91 Å². The van der Waals surface area contributed by atoms with Crippen LogP contribution in [0.2, 0.25) is 5.02 Å². The van der Waals surface area contributed by atoms with Crippen molar-refractivity contribution in [2.24, 2.45) is 5.10 Å². The molecule has 0 unspecified atom stereocenters. The number of hydrazone groups is 1. The Bertz CT molecular complexity index is 893. The molecule has 1 heterocycles. The second kappa shape index (κ2) is 7.59. The lowest BCUT2D eigenvalue weighted by Gasteiger charge is -2.03. The summed E-state index contributed by atoms with van der Waals surface area (Å²) >= 11 is 8.17. The van der Waals surface area contributed by atoms with E-state index in [1.54, 1.807) is 24.5 Å². The highest BCUT2D eigenvalue weighted by Gasteiger charge is 2.10. The number of amides is 1. The number of H-pyrrole nitrogens is 1.